The van der Waals surface area contributed by atoms with Crippen molar-refractivity contribution in [3.63, 3.8) is 0 Å². The van der Waals surface area contributed by atoms with E-state index in [0.717, 1.165) is 31.2 Å². The highest BCUT2D eigenvalue weighted by Crippen LogP contribution is 2.47. The number of nitrogens with one attached hydrogen (secondary N) is 1. The smallest absolute Gasteiger partial charge is 0.465 e. The molecule has 0 aliphatic heterocycles. The number of carbonyl (C=O) groups is 1. The summed E-state index contributed by atoms with van der Waals surface area (Å²) >= 11 is 0. The molecule has 1 unspecified atom stereocenters. The molecule has 0 saturated carbocycles. The molecular weight excluding hydrogens is 443 g/mol. The van der Waals surface area contributed by atoms with Gasteiger partial charge in [0.15, 0.2) is 0 Å². The lowest BCUT2D eigenvalue weighted by Gasteiger charge is -2.23. The fraction of sp³-hybridized carbons (Fsp3) is 0.235. The number of hydrogen-bond donors (Lipinski definition) is 1. The summed E-state index contributed by atoms with van der Waals surface area (Å²) in [4.78, 5) is 11.8. The van der Waals surface area contributed by atoms with Gasteiger partial charge >= 0.3 is 13.7 Å². The van der Waals surface area contributed by atoms with Crippen LogP contribution in [0.1, 0.15) is 13.8 Å². The van der Waals surface area contributed by atoms with Crippen LogP contribution in [0.3, 0.4) is 0 Å². The summed E-state index contributed by atoms with van der Waals surface area (Å²) in [7, 11) is -5.03. The summed E-state index contributed by atoms with van der Waals surface area (Å²) in [6.45, 7) is 2.50. The summed E-state index contributed by atoms with van der Waals surface area (Å²) in [6.07, 6.45) is 0. The van der Waals surface area contributed by atoms with Crippen LogP contribution in [0, 0.1) is 34.9 Å². The molecule has 13 heteroatoms. The fourth-order valence-corrected chi connectivity index (χ4v) is 3.57. The number of carbonyl (C=O) groups excluding carboxylic acids is 1. The first-order chi connectivity index (χ1) is 14.0. The molecule has 30 heavy (non-hydrogen) atoms. The van der Waals surface area contributed by atoms with Crippen LogP contribution < -0.4 is 14.1 Å². The third-order valence-electron chi connectivity index (χ3n) is 3.41. The molecule has 6 nitrogen and oxygen atoms in total. The molecule has 2 aromatic rings. The predicted molar refractivity (Wildman–Crippen MR) is 90.7 cm³/mol. The number of esters is 1. The summed E-state index contributed by atoms with van der Waals surface area (Å²) in [5.41, 5.74) is 0. The van der Waals surface area contributed by atoms with Crippen LogP contribution in [0.5, 0.6) is 11.5 Å². The van der Waals surface area contributed by atoms with Crippen LogP contribution in [0.2, 0.25) is 0 Å². The third kappa shape index (κ3) is 5.25. The Kier molecular flexibility index (Phi) is 7.38. The summed E-state index contributed by atoms with van der Waals surface area (Å²) in [6, 6.07) is 2.17. The van der Waals surface area contributed by atoms with E-state index in [-0.39, 0.29) is 12.4 Å². The van der Waals surface area contributed by atoms with Gasteiger partial charge in [-0.15, -0.1) is 0 Å². The monoisotopic (exact) mass is 457 g/mol. The molecule has 0 amide bonds. The highest BCUT2D eigenvalue weighted by Gasteiger charge is 2.38. The Balaban J connectivity index is 2.47. The van der Waals surface area contributed by atoms with Crippen molar-refractivity contribution in [3.8, 4) is 11.5 Å². The first-order valence-electron chi connectivity index (χ1n) is 8.19. The Hall–Kier alpha value is -2.72. The van der Waals surface area contributed by atoms with Crippen molar-refractivity contribution >= 4 is 13.7 Å². The molecule has 0 saturated heterocycles. The zero-order valence-corrected chi connectivity index (χ0v) is 16.2. The van der Waals surface area contributed by atoms with Gasteiger partial charge in [0.1, 0.15) is 17.6 Å². The molecule has 2 atom stereocenters. The molecular formula is C17H14F6NO5P. The first-order valence-corrected chi connectivity index (χ1v) is 9.74. The topological polar surface area (TPSA) is 73.9 Å². The van der Waals surface area contributed by atoms with E-state index in [0.29, 0.717) is 0 Å². The van der Waals surface area contributed by atoms with Crippen LogP contribution >= 0.6 is 7.75 Å². The number of hydrogen-bond acceptors (Lipinski definition) is 5. The van der Waals surface area contributed by atoms with Crippen LogP contribution in [-0.2, 0) is 14.1 Å². The van der Waals surface area contributed by atoms with E-state index in [1.807, 2.05) is 5.09 Å². The van der Waals surface area contributed by atoms with Crippen LogP contribution in [0.4, 0.5) is 26.3 Å². The van der Waals surface area contributed by atoms with Crippen molar-refractivity contribution in [1.82, 2.24) is 5.09 Å². The van der Waals surface area contributed by atoms with Gasteiger partial charge in [0.05, 0.1) is 6.61 Å². The molecule has 164 valence electrons. The fourth-order valence-electron chi connectivity index (χ4n) is 2.05. The highest BCUT2D eigenvalue weighted by atomic mass is 31.2. The Morgan fingerprint density at radius 3 is 1.93 bits per heavy atom. The van der Waals surface area contributed by atoms with Crippen molar-refractivity contribution in [1.29, 1.82) is 0 Å². The molecule has 0 heterocycles. The summed E-state index contributed by atoms with van der Waals surface area (Å²) in [5.74, 6) is -16.0. The van der Waals surface area contributed by atoms with Gasteiger partial charge in [-0.3, -0.25) is 4.79 Å². The van der Waals surface area contributed by atoms with Gasteiger partial charge < -0.3 is 13.8 Å². The number of rotatable bonds is 8. The quantitative estimate of drug-likeness (QED) is 0.205. The Bertz CT molecular complexity index is 959. The Labute approximate surface area is 166 Å². The van der Waals surface area contributed by atoms with Crippen molar-refractivity contribution < 1.29 is 49.5 Å². The average Bonchev–Trinajstić information content (AvgIpc) is 2.70. The Morgan fingerprint density at radius 2 is 1.43 bits per heavy atom. The molecule has 2 rings (SSSR count). The van der Waals surface area contributed by atoms with Gasteiger partial charge in [-0.2, -0.15) is 13.9 Å². The van der Waals surface area contributed by atoms with E-state index >= 15 is 0 Å². The predicted octanol–water partition coefficient (Wildman–Crippen LogP) is 4.63. The SMILES string of the molecule is CCOC(=O)[C@H](C)NP(=O)(Oc1ccc(F)cc1)Oc1c(F)c(F)c(F)c(F)c1F. The van der Waals surface area contributed by atoms with Gasteiger partial charge in [0.2, 0.25) is 34.8 Å². The molecule has 0 aliphatic rings. The molecule has 1 N–H and O–H groups in total. The standard InChI is InChI=1S/C17H14F6NO5P/c1-3-27-17(25)8(2)24-30(26,28-10-6-4-9(18)5-7-10)29-16-14(22)12(20)11(19)13(21)15(16)23/h4-8H,3H2,1-2H3,(H,24,26)/t8-,30?/m0/s1. The van der Waals surface area contributed by atoms with E-state index < -0.39 is 60.4 Å². The van der Waals surface area contributed by atoms with E-state index in [2.05, 4.69) is 9.26 Å². The minimum atomic E-state index is -5.03. The number of benzene rings is 2. The van der Waals surface area contributed by atoms with Gasteiger partial charge in [-0.25, -0.2) is 22.1 Å². The maximum atomic E-state index is 13.9. The van der Waals surface area contributed by atoms with E-state index in [1.54, 1.807) is 0 Å². The van der Waals surface area contributed by atoms with Crippen LogP contribution in [0.15, 0.2) is 24.3 Å². The van der Waals surface area contributed by atoms with Crippen LogP contribution in [0.25, 0.3) is 0 Å². The van der Waals surface area contributed by atoms with Gasteiger partial charge in [-0.1, -0.05) is 0 Å². The summed E-state index contributed by atoms with van der Waals surface area (Å²) < 4.78 is 108. The zero-order valence-electron chi connectivity index (χ0n) is 15.4. The van der Waals surface area contributed by atoms with Crippen molar-refractivity contribution in [2.45, 2.75) is 19.9 Å². The second-order valence-corrected chi connectivity index (χ2v) is 7.25. The molecule has 0 fully saturated rings. The molecule has 0 aliphatic carbocycles. The maximum absolute atomic E-state index is 13.9. The lowest BCUT2D eigenvalue weighted by atomic mass is 10.3. The second-order valence-electron chi connectivity index (χ2n) is 5.64. The van der Waals surface area contributed by atoms with Gasteiger partial charge in [0.25, 0.3) is 0 Å². The Morgan fingerprint density at radius 1 is 0.933 bits per heavy atom. The summed E-state index contributed by atoms with van der Waals surface area (Å²) in [5, 5.41) is 1.97. The van der Waals surface area contributed by atoms with Crippen molar-refractivity contribution in [2.24, 2.45) is 0 Å². The van der Waals surface area contributed by atoms with E-state index in [1.165, 1.54) is 6.92 Å². The van der Waals surface area contributed by atoms with Gasteiger partial charge in [0, 0.05) is 0 Å². The van der Waals surface area contributed by atoms with Crippen molar-refractivity contribution in [2.75, 3.05) is 6.61 Å². The van der Waals surface area contributed by atoms with E-state index in [4.69, 9.17) is 4.52 Å². The number of halogens is 6. The molecule has 0 bridgehead atoms. The molecule has 0 aromatic heterocycles. The van der Waals surface area contributed by atoms with Crippen LogP contribution in [-0.4, -0.2) is 18.6 Å². The zero-order chi connectivity index (χ0) is 22.6. The normalized spacial score (nSPS) is 14.0. The molecule has 2 aromatic carbocycles. The largest absolute Gasteiger partial charge is 0.513 e. The average molecular weight is 457 g/mol. The third-order valence-corrected chi connectivity index (χ3v) is 4.99. The minimum absolute atomic E-state index is 0.0769. The maximum Gasteiger partial charge on any atom is 0.513 e. The number of ether oxygens (including phenoxy) is 1. The first kappa shape index (κ1) is 23.6. The van der Waals surface area contributed by atoms with Gasteiger partial charge in [-0.05, 0) is 38.1 Å². The minimum Gasteiger partial charge on any atom is -0.465 e. The molecule has 0 spiro atoms. The lowest BCUT2D eigenvalue weighted by molar-refractivity contribution is -0.144. The van der Waals surface area contributed by atoms with E-state index in [9.17, 15) is 35.7 Å². The molecule has 0 radical (unpaired) electrons. The second kappa shape index (κ2) is 9.40. The lowest BCUT2D eigenvalue weighted by Crippen LogP contribution is -2.36. The van der Waals surface area contributed by atoms with Crippen molar-refractivity contribution in [3.05, 3.63) is 59.2 Å². The highest BCUT2D eigenvalue weighted by molar-refractivity contribution is 7.52.